The van der Waals surface area contributed by atoms with Crippen LogP contribution in [-0.4, -0.2) is 39.8 Å². The van der Waals surface area contributed by atoms with Gasteiger partial charge in [-0.25, -0.2) is 4.98 Å². The van der Waals surface area contributed by atoms with Crippen molar-refractivity contribution in [2.75, 3.05) is 24.5 Å². The van der Waals surface area contributed by atoms with Gasteiger partial charge in [0.1, 0.15) is 5.69 Å². The van der Waals surface area contributed by atoms with Crippen molar-refractivity contribution < 1.29 is 53.8 Å². The van der Waals surface area contributed by atoms with Gasteiger partial charge in [0.25, 0.3) is 5.82 Å². The van der Waals surface area contributed by atoms with Gasteiger partial charge >= 0.3 is 0 Å². The van der Waals surface area contributed by atoms with Gasteiger partial charge in [0.15, 0.2) is 12.0 Å². The molecular weight excluding hydrogens is 539 g/mol. The van der Waals surface area contributed by atoms with E-state index in [2.05, 4.69) is 29.9 Å². The van der Waals surface area contributed by atoms with Crippen LogP contribution >= 0.6 is 0 Å². The van der Waals surface area contributed by atoms with Gasteiger partial charge in [-0.05, 0) is 13.1 Å². The molecule has 0 aromatic carbocycles. The van der Waals surface area contributed by atoms with Crippen molar-refractivity contribution in [3.05, 3.63) is 41.7 Å². The molecule has 9 heteroatoms. The average molecular weight is 554 g/mol. The van der Waals surface area contributed by atoms with Crippen molar-refractivity contribution >= 4 is 11.6 Å². The Morgan fingerprint density at radius 1 is 1.35 bits per heavy atom. The van der Waals surface area contributed by atoms with Crippen LogP contribution in [0.5, 0.6) is 0 Å². The minimum absolute atomic E-state index is 0. The van der Waals surface area contributed by atoms with Gasteiger partial charge in [-0.3, -0.25) is 11.6 Å². The fourth-order valence-corrected chi connectivity index (χ4v) is 2.41. The summed E-state index contributed by atoms with van der Waals surface area (Å²) < 4.78 is 0. The quantitative estimate of drug-likeness (QED) is 0.592. The van der Waals surface area contributed by atoms with Crippen LogP contribution in [0.25, 0.3) is 21.8 Å². The summed E-state index contributed by atoms with van der Waals surface area (Å²) in [6.07, 6.45) is 6.87. The topological polar surface area (TPSA) is 85.9 Å². The van der Waals surface area contributed by atoms with Gasteiger partial charge in [-0.1, -0.05) is 6.57 Å². The molecule has 3 rings (SSSR count). The van der Waals surface area contributed by atoms with E-state index in [9.17, 15) is 0 Å². The number of H-pyrrole nitrogens is 1. The number of nitrogens with one attached hydrogen (secondary N) is 2. The Bertz CT molecular complexity index is 648. The summed E-state index contributed by atoms with van der Waals surface area (Å²) in [5.74, 6) is 2.35. The molecule has 0 saturated carbocycles. The maximum Gasteiger partial charge on any atom is 0.296 e. The molecule has 0 aliphatic carbocycles. The van der Waals surface area contributed by atoms with Crippen LogP contribution < -0.4 is 4.90 Å². The predicted molar refractivity (Wildman–Crippen MR) is 79.8 cm³/mol. The SMILES string of the molecule is [C-]#[N+]c1ncc(N2CC[C-](C[NH-])CC2)nc1-c1cn[nH]c1.[W].[Y]. The fraction of sp³-hybridized carbons (Fsp3) is 0.357. The second kappa shape index (κ2) is 9.59. The average Bonchev–Trinajstić information content (AvgIpc) is 3.08. The molecule has 1 radical (unpaired) electrons. The predicted octanol–water partition coefficient (Wildman–Crippen LogP) is 2.64. The number of piperidine rings is 1. The largest absolute Gasteiger partial charge is 0.703 e. The number of aromatic nitrogens is 4. The van der Waals surface area contributed by atoms with Crippen molar-refractivity contribution in [3.8, 4) is 11.3 Å². The Morgan fingerprint density at radius 3 is 2.65 bits per heavy atom. The van der Waals surface area contributed by atoms with Gasteiger partial charge < -0.3 is 21.4 Å². The number of hydrogen-bond donors (Lipinski definition) is 1. The minimum atomic E-state index is 0. The van der Waals surface area contributed by atoms with E-state index in [-0.39, 0.29) is 59.6 Å². The van der Waals surface area contributed by atoms with Gasteiger partial charge in [-0.15, -0.1) is 4.98 Å². The molecule has 2 aromatic rings. The fourth-order valence-electron chi connectivity index (χ4n) is 2.41. The summed E-state index contributed by atoms with van der Waals surface area (Å²) in [5, 5.41) is 6.64. The van der Waals surface area contributed by atoms with Gasteiger partial charge in [-0.2, -0.15) is 17.9 Å². The van der Waals surface area contributed by atoms with Crippen LogP contribution in [0.3, 0.4) is 0 Å². The number of hydrogen-bond acceptors (Lipinski definition) is 4. The number of aromatic amines is 1. The zero-order valence-corrected chi connectivity index (χ0v) is 18.3. The molecule has 1 aliphatic heterocycles. The van der Waals surface area contributed by atoms with Crippen molar-refractivity contribution in [3.63, 3.8) is 0 Å². The Labute approximate surface area is 174 Å². The first-order valence-corrected chi connectivity index (χ1v) is 6.78. The summed E-state index contributed by atoms with van der Waals surface area (Å²) in [6, 6.07) is 0. The van der Waals surface area contributed by atoms with Crippen LogP contribution in [0, 0.1) is 12.5 Å². The van der Waals surface area contributed by atoms with Crippen LogP contribution in [-0.2, 0) is 53.8 Å². The Morgan fingerprint density at radius 2 is 2.09 bits per heavy atom. The number of anilines is 1. The molecule has 0 unspecified atom stereocenters. The van der Waals surface area contributed by atoms with Crippen molar-refractivity contribution in [1.82, 2.24) is 20.2 Å². The summed E-state index contributed by atoms with van der Waals surface area (Å²) >= 11 is 0. The second-order valence-corrected chi connectivity index (χ2v) is 4.91. The molecule has 0 atom stereocenters. The van der Waals surface area contributed by atoms with Crippen molar-refractivity contribution in [2.45, 2.75) is 12.8 Å². The molecule has 117 valence electrons. The van der Waals surface area contributed by atoms with E-state index >= 15 is 0 Å². The van der Waals surface area contributed by atoms with E-state index in [4.69, 9.17) is 12.3 Å². The third-order valence-electron chi connectivity index (χ3n) is 3.66. The normalized spacial score (nSPS) is 14.5. The molecule has 0 bridgehead atoms. The molecule has 2 aromatic heterocycles. The van der Waals surface area contributed by atoms with Crippen molar-refractivity contribution in [2.24, 2.45) is 0 Å². The van der Waals surface area contributed by atoms with Gasteiger partial charge in [0.05, 0.1) is 6.20 Å². The van der Waals surface area contributed by atoms with E-state index in [0.29, 0.717) is 12.2 Å². The zero-order valence-electron chi connectivity index (χ0n) is 12.5. The standard InChI is InChI=1S/C14H15N7.W.Y/c1-16-14-13(11-7-18-19-8-11)20-12(9-17-14)21-4-2-10(6-15)3-5-21;;/h7-9,15H,2-6H2,(H,18,19);;/q-2;;. The summed E-state index contributed by atoms with van der Waals surface area (Å²) in [7, 11) is 0. The smallest absolute Gasteiger partial charge is 0.296 e. The molecule has 1 fully saturated rings. The molecule has 0 amide bonds. The maximum absolute atomic E-state index is 7.42. The molecule has 7 nitrogen and oxygen atoms in total. The first-order valence-electron chi connectivity index (χ1n) is 6.78. The maximum atomic E-state index is 7.42. The van der Waals surface area contributed by atoms with E-state index in [1.165, 1.54) is 5.92 Å². The Balaban J connectivity index is 0.00000132. The minimum Gasteiger partial charge on any atom is -0.703 e. The first-order chi connectivity index (χ1) is 10.3. The zero-order chi connectivity index (χ0) is 14.7. The Hall–Kier alpha value is -0.668. The summed E-state index contributed by atoms with van der Waals surface area (Å²) in [4.78, 5) is 14.4. The monoisotopic (exact) mass is 554 g/mol. The first kappa shape index (κ1) is 20.4. The third-order valence-corrected chi connectivity index (χ3v) is 3.66. The van der Waals surface area contributed by atoms with E-state index < -0.39 is 0 Å². The molecular formula is C14H15N7WY-2. The number of rotatable bonds is 3. The molecule has 1 aliphatic rings. The summed E-state index contributed by atoms with van der Waals surface area (Å²) in [5.41, 5.74) is 8.75. The molecule has 23 heavy (non-hydrogen) atoms. The molecule has 3 heterocycles. The molecule has 1 saturated heterocycles. The molecule has 2 N–H and O–H groups in total. The van der Waals surface area contributed by atoms with Gasteiger partial charge in [0.2, 0.25) is 0 Å². The van der Waals surface area contributed by atoms with Crippen LogP contribution in [0.2, 0.25) is 0 Å². The van der Waals surface area contributed by atoms with E-state index in [1.807, 2.05) is 0 Å². The van der Waals surface area contributed by atoms with E-state index in [1.54, 1.807) is 18.6 Å². The van der Waals surface area contributed by atoms with Gasteiger partial charge in [0, 0.05) is 65.5 Å². The second-order valence-electron chi connectivity index (χ2n) is 4.91. The van der Waals surface area contributed by atoms with Crippen molar-refractivity contribution in [1.29, 1.82) is 0 Å². The number of nitrogens with zero attached hydrogens (tertiary/aromatic N) is 5. The van der Waals surface area contributed by atoms with Crippen LogP contribution in [0.15, 0.2) is 18.6 Å². The summed E-state index contributed by atoms with van der Waals surface area (Å²) in [6.45, 7) is 9.33. The van der Waals surface area contributed by atoms with Crippen LogP contribution in [0.4, 0.5) is 11.6 Å². The Kier molecular flexibility index (Phi) is 8.49. The van der Waals surface area contributed by atoms with E-state index in [0.717, 1.165) is 37.3 Å². The molecule has 0 spiro atoms. The third kappa shape index (κ3) is 4.67. The van der Waals surface area contributed by atoms with Crippen LogP contribution in [0.1, 0.15) is 12.8 Å².